The van der Waals surface area contributed by atoms with Gasteiger partial charge >= 0.3 is 5.97 Å². The van der Waals surface area contributed by atoms with E-state index in [0.29, 0.717) is 10.9 Å². The Morgan fingerprint density at radius 2 is 1.95 bits per heavy atom. The van der Waals surface area contributed by atoms with Crippen molar-refractivity contribution in [3.05, 3.63) is 33.8 Å². The number of halogens is 1. The largest absolute Gasteiger partial charge is 0.478 e. The van der Waals surface area contributed by atoms with E-state index in [-0.39, 0.29) is 0 Å². The standard InChI is InChI=1S/C16H18BrN3O2/c1-10-14(16(21)22)12-9-11(17)3-4-13(12)18-15(10)20-7-5-19(2)6-8-20/h3-4,9H,5-8H2,1-2H3,(H,21,22). The molecular formula is C16H18BrN3O2. The number of aromatic carboxylic acids is 1. The van der Waals surface area contributed by atoms with Crippen LogP contribution in [-0.2, 0) is 0 Å². The number of benzene rings is 1. The van der Waals surface area contributed by atoms with Crippen LogP contribution in [0.4, 0.5) is 5.82 Å². The number of fused-ring (bicyclic) bond motifs is 1. The second-order valence-electron chi connectivity index (χ2n) is 5.69. The molecule has 0 bridgehead atoms. The fourth-order valence-electron chi connectivity index (χ4n) is 2.92. The number of hydrogen-bond donors (Lipinski definition) is 1. The normalized spacial score (nSPS) is 16.2. The van der Waals surface area contributed by atoms with E-state index in [0.717, 1.165) is 47.5 Å². The van der Waals surface area contributed by atoms with Gasteiger partial charge in [0.2, 0.25) is 0 Å². The van der Waals surface area contributed by atoms with E-state index in [1.807, 2.05) is 25.1 Å². The van der Waals surface area contributed by atoms with Gasteiger partial charge in [-0.2, -0.15) is 0 Å². The zero-order chi connectivity index (χ0) is 15.9. The highest BCUT2D eigenvalue weighted by atomic mass is 79.9. The van der Waals surface area contributed by atoms with Gasteiger partial charge in [-0.1, -0.05) is 15.9 Å². The minimum atomic E-state index is -0.904. The van der Waals surface area contributed by atoms with Crippen LogP contribution in [0.1, 0.15) is 15.9 Å². The molecule has 1 aliphatic rings. The fourth-order valence-corrected chi connectivity index (χ4v) is 3.28. The zero-order valence-electron chi connectivity index (χ0n) is 12.6. The molecule has 22 heavy (non-hydrogen) atoms. The summed E-state index contributed by atoms with van der Waals surface area (Å²) in [6.45, 7) is 5.51. The Bertz CT molecular complexity index is 740. The molecule has 1 N–H and O–H groups in total. The topological polar surface area (TPSA) is 56.7 Å². The summed E-state index contributed by atoms with van der Waals surface area (Å²) in [6, 6.07) is 5.58. The predicted octanol–water partition coefficient (Wildman–Crippen LogP) is 2.76. The number of nitrogens with zero attached hydrogens (tertiary/aromatic N) is 3. The van der Waals surface area contributed by atoms with Gasteiger partial charge in [-0.25, -0.2) is 9.78 Å². The Kier molecular flexibility index (Phi) is 4.06. The van der Waals surface area contributed by atoms with Gasteiger partial charge in [0.25, 0.3) is 0 Å². The molecule has 2 aromatic rings. The van der Waals surface area contributed by atoms with E-state index in [9.17, 15) is 9.90 Å². The van der Waals surface area contributed by atoms with Crippen LogP contribution in [0.25, 0.3) is 10.9 Å². The molecule has 0 aliphatic carbocycles. The first-order valence-corrected chi connectivity index (χ1v) is 8.03. The molecule has 1 saturated heterocycles. The summed E-state index contributed by atoms with van der Waals surface area (Å²) in [6.07, 6.45) is 0. The van der Waals surface area contributed by atoms with Gasteiger partial charge in [-0.3, -0.25) is 0 Å². The first-order valence-electron chi connectivity index (χ1n) is 7.24. The molecule has 1 aromatic heterocycles. The Morgan fingerprint density at radius 1 is 1.27 bits per heavy atom. The molecule has 0 unspecified atom stereocenters. The van der Waals surface area contributed by atoms with Crippen molar-refractivity contribution >= 4 is 38.6 Å². The van der Waals surface area contributed by atoms with Crippen LogP contribution in [0.5, 0.6) is 0 Å². The molecule has 3 rings (SSSR count). The molecule has 0 amide bonds. The van der Waals surface area contributed by atoms with Crippen LogP contribution < -0.4 is 4.90 Å². The van der Waals surface area contributed by atoms with Crippen molar-refractivity contribution in [2.75, 3.05) is 38.1 Å². The zero-order valence-corrected chi connectivity index (χ0v) is 14.2. The number of aromatic nitrogens is 1. The quantitative estimate of drug-likeness (QED) is 0.888. The van der Waals surface area contributed by atoms with E-state index < -0.39 is 5.97 Å². The van der Waals surface area contributed by atoms with Crippen molar-refractivity contribution in [3.63, 3.8) is 0 Å². The molecule has 2 heterocycles. The molecule has 1 fully saturated rings. The van der Waals surface area contributed by atoms with Crippen LogP contribution in [-0.4, -0.2) is 54.2 Å². The summed E-state index contributed by atoms with van der Waals surface area (Å²) < 4.78 is 0.857. The van der Waals surface area contributed by atoms with Crippen LogP contribution in [0.2, 0.25) is 0 Å². The first kappa shape index (κ1) is 15.2. The van der Waals surface area contributed by atoms with Crippen LogP contribution >= 0.6 is 15.9 Å². The number of carboxylic acid groups (broad SMARTS) is 1. The molecule has 0 spiro atoms. The fraction of sp³-hybridized carbons (Fsp3) is 0.375. The maximum absolute atomic E-state index is 11.8. The molecule has 5 nitrogen and oxygen atoms in total. The van der Waals surface area contributed by atoms with Gasteiger partial charge in [0.15, 0.2) is 0 Å². The SMILES string of the molecule is Cc1c(N2CCN(C)CC2)nc2ccc(Br)cc2c1C(=O)O. The summed E-state index contributed by atoms with van der Waals surface area (Å²) in [7, 11) is 2.10. The van der Waals surface area contributed by atoms with Gasteiger partial charge in [-0.15, -0.1) is 0 Å². The highest BCUT2D eigenvalue weighted by Crippen LogP contribution is 2.30. The Balaban J connectivity index is 2.17. The Labute approximate surface area is 137 Å². The lowest BCUT2D eigenvalue weighted by Gasteiger charge is -2.34. The highest BCUT2D eigenvalue weighted by molar-refractivity contribution is 9.10. The van der Waals surface area contributed by atoms with E-state index in [1.54, 1.807) is 0 Å². The molecule has 0 saturated carbocycles. The summed E-state index contributed by atoms with van der Waals surface area (Å²) in [4.78, 5) is 20.9. The van der Waals surface area contributed by atoms with Gasteiger partial charge < -0.3 is 14.9 Å². The molecular weight excluding hydrogens is 346 g/mol. The smallest absolute Gasteiger partial charge is 0.336 e. The summed E-state index contributed by atoms with van der Waals surface area (Å²) >= 11 is 3.41. The van der Waals surface area contributed by atoms with E-state index in [4.69, 9.17) is 4.98 Å². The lowest BCUT2D eigenvalue weighted by Crippen LogP contribution is -2.45. The van der Waals surface area contributed by atoms with Crippen molar-refractivity contribution in [2.45, 2.75) is 6.92 Å². The van der Waals surface area contributed by atoms with Gasteiger partial charge in [0.1, 0.15) is 5.82 Å². The van der Waals surface area contributed by atoms with Crippen molar-refractivity contribution < 1.29 is 9.90 Å². The van der Waals surface area contributed by atoms with Crippen molar-refractivity contribution in [1.82, 2.24) is 9.88 Å². The number of piperazine rings is 1. The predicted molar refractivity (Wildman–Crippen MR) is 90.8 cm³/mol. The molecule has 116 valence electrons. The van der Waals surface area contributed by atoms with E-state index >= 15 is 0 Å². The van der Waals surface area contributed by atoms with Gasteiger partial charge in [0, 0.05) is 41.6 Å². The average Bonchev–Trinajstić information content (AvgIpc) is 2.47. The third-order valence-electron chi connectivity index (χ3n) is 4.18. The molecule has 0 radical (unpaired) electrons. The number of pyridine rings is 1. The average molecular weight is 364 g/mol. The van der Waals surface area contributed by atoms with Gasteiger partial charge in [0.05, 0.1) is 11.1 Å². The number of carbonyl (C=O) groups is 1. The van der Waals surface area contributed by atoms with Crippen LogP contribution in [0.3, 0.4) is 0 Å². The number of carboxylic acids is 1. The number of rotatable bonds is 2. The number of anilines is 1. The maximum Gasteiger partial charge on any atom is 0.336 e. The maximum atomic E-state index is 11.8. The minimum Gasteiger partial charge on any atom is -0.478 e. The van der Waals surface area contributed by atoms with Crippen LogP contribution in [0.15, 0.2) is 22.7 Å². The number of hydrogen-bond acceptors (Lipinski definition) is 4. The molecule has 1 aliphatic heterocycles. The lowest BCUT2D eigenvalue weighted by atomic mass is 10.0. The van der Waals surface area contributed by atoms with E-state index in [2.05, 4.69) is 32.8 Å². The Hall–Kier alpha value is -1.66. The molecule has 1 aromatic carbocycles. The Morgan fingerprint density at radius 3 is 2.59 bits per heavy atom. The molecule has 0 atom stereocenters. The second-order valence-corrected chi connectivity index (χ2v) is 6.61. The van der Waals surface area contributed by atoms with Gasteiger partial charge in [-0.05, 0) is 32.2 Å². The highest BCUT2D eigenvalue weighted by Gasteiger charge is 2.23. The summed E-state index contributed by atoms with van der Waals surface area (Å²) in [5.74, 6) is -0.112. The minimum absolute atomic E-state index is 0.347. The first-order chi connectivity index (χ1) is 10.5. The van der Waals surface area contributed by atoms with E-state index in [1.165, 1.54) is 0 Å². The summed E-state index contributed by atoms with van der Waals surface area (Å²) in [5, 5.41) is 10.3. The van der Waals surface area contributed by atoms with Crippen molar-refractivity contribution in [2.24, 2.45) is 0 Å². The van der Waals surface area contributed by atoms with Crippen LogP contribution in [0, 0.1) is 6.92 Å². The number of likely N-dealkylation sites (N-methyl/N-ethyl adjacent to an activating group) is 1. The van der Waals surface area contributed by atoms with Crippen molar-refractivity contribution in [1.29, 1.82) is 0 Å². The molecule has 6 heteroatoms. The third kappa shape index (κ3) is 2.68. The summed E-state index contributed by atoms with van der Waals surface area (Å²) in [5.41, 5.74) is 1.81. The monoisotopic (exact) mass is 363 g/mol. The third-order valence-corrected chi connectivity index (χ3v) is 4.67. The van der Waals surface area contributed by atoms with Crippen molar-refractivity contribution in [3.8, 4) is 0 Å². The lowest BCUT2D eigenvalue weighted by molar-refractivity contribution is 0.0698. The second kappa shape index (κ2) is 5.85.